The van der Waals surface area contributed by atoms with Gasteiger partial charge < -0.3 is 5.32 Å². The van der Waals surface area contributed by atoms with E-state index in [9.17, 15) is 0 Å². The first-order chi connectivity index (χ1) is 10.6. The Bertz CT molecular complexity index is 789. The molecule has 22 heavy (non-hydrogen) atoms. The van der Waals surface area contributed by atoms with Crippen molar-refractivity contribution in [3.63, 3.8) is 0 Å². The summed E-state index contributed by atoms with van der Waals surface area (Å²) < 4.78 is 0. The number of rotatable bonds is 3. The molecule has 0 radical (unpaired) electrons. The van der Waals surface area contributed by atoms with Crippen LogP contribution in [0.5, 0.6) is 0 Å². The standard InChI is InChI=1S/C15H9Cl3N4/c16-9-4-3-5-10(17)14(9)21-13-8-12(18)20-15(22-13)11-6-1-2-7-19-11/h1-8H,(H,20,21,22). The van der Waals surface area contributed by atoms with E-state index in [1.54, 1.807) is 36.5 Å². The summed E-state index contributed by atoms with van der Waals surface area (Å²) in [4.78, 5) is 12.8. The van der Waals surface area contributed by atoms with Gasteiger partial charge in [-0.2, -0.15) is 0 Å². The molecule has 0 aliphatic carbocycles. The van der Waals surface area contributed by atoms with Crippen LogP contribution in [0.4, 0.5) is 11.5 Å². The smallest absolute Gasteiger partial charge is 0.181 e. The highest BCUT2D eigenvalue weighted by Gasteiger charge is 2.10. The lowest BCUT2D eigenvalue weighted by atomic mass is 10.3. The molecule has 3 aromatic rings. The van der Waals surface area contributed by atoms with Crippen LogP contribution in [-0.2, 0) is 0 Å². The molecule has 1 aromatic carbocycles. The van der Waals surface area contributed by atoms with Crippen molar-refractivity contribution in [1.29, 1.82) is 0 Å². The number of benzene rings is 1. The molecule has 0 fully saturated rings. The second-order valence-electron chi connectivity index (χ2n) is 4.34. The molecule has 0 saturated carbocycles. The zero-order valence-electron chi connectivity index (χ0n) is 11.1. The number of pyridine rings is 1. The minimum atomic E-state index is 0.293. The average Bonchev–Trinajstić information content (AvgIpc) is 2.51. The van der Waals surface area contributed by atoms with Crippen molar-refractivity contribution >= 4 is 46.3 Å². The molecule has 0 atom stereocenters. The van der Waals surface area contributed by atoms with Gasteiger partial charge >= 0.3 is 0 Å². The highest BCUT2D eigenvalue weighted by molar-refractivity contribution is 6.39. The Morgan fingerprint density at radius 3 is 2.32 bits per heavy atom. The fraction of sp³-hybridized carbons (Fsp3) is 0. The van der Waals surface area contributed by atoms with E-state index in [4.69, 9.17) is 34.8 Å². The summed E-state index contributed by atoms with van der Waals surface area (Å²) in [7, 11) is 0. The predicted molar refractivity (Wildman–Crippen MR) is 90.0 cm³/mol. The van der Waals surface area contributed by atoms with Crippen molar-refractivity contribution < 1.29 is 0 Å². The van der Waals surface area contributed by atoms with Crippen LogP contribution in [0, 0.1) is 0 Å². The molecule has 110 valence electrons. The van der Waals surface area contributed by atoms with Crippen LogP contribution < -0.4 is 5.32 Å². The summed E-state index contributed by atoms with van der Waals surface area (Å²) in [6, 6.07) is 12.3. The van der Waals surface area contributed by atoms with E-state index in [-0.39, 0.29) is 0 Å². The van der Waals surface area contributed by atoms with Gasteiger partial charge in [0.2, 0.25) is 0 Å². The number of nitrogens with zero attached hydrogens (tertiary/aromatic N) is 3. The molecular weight excluding hydrogens is 343 g/mol. The van der Waals surface area contributed by atoms with Gasteiger partial charge in [0, 0.05) is 12.3 Å². The first kappa shape index (κ1) is 15.0. The number of anilines is 2. The molecular formula is C15H9Cl3N4. The lowest BCUT2D eigenvalue weighted by Crippen LogP contribution is -1.99. The quantitative estimate of drug-likeness (QED) is 0.655. The molecule has 4 nitrogen and oxygen atoms in total. The van der Waals surface area contributed by atoms with Gasteiger partial charge in [-0.3, -0.25) is 4.98 Å². The van der Waals surface area contributed by atoms with E-state index >= 15 is 0 Å². The van der Waals surface area contributed by atoms with Gasteiger partial charge in [-0.1, -0.05) is 46.9 Å². The molecule has 0 unspecified atom stereocenters. The third-order valence-corrected chi connectivity index (χ3v) is 3.63. The van der Waals surface area contributed by atoms with E-state index in [1.165, 1.54) is 0 Å². The van der Waals surface area contributed by atoms with Crippen LogP contribution in [0.15, 0.2) is 48.7 Å². The number of aromatic nitrogens is 3. The van der Waals surface area contributed by atoms with Crippen molar-refractivity contribution in [2.24, 2.45) is 0 Å². The molecule has 0 bridgehead atoms. The average molecular weight is 352 g/mol. The summed E-state index contributed by atoms with van der Waals surface area (Å²) in [5, 5.41) is 4.33. The molecule has 3 rings (SSSR count). The second kappa shape index (κ2) is 6.48. The Morgan fingerprint density at radius 2 is 1.64 bits per heavy atom. The van der Waals surface area contributed by atoms with Gasteiger partial charge in [0.25, 0.3) is 0 Å². The summed E-state index contributed by atoms with van der Waals surface area (Å²) in [5.41, 5.74) is 1.19. The highest BCUT2D eigenvalue weighted by atomic mass is 35.5. The lowest BCUT2D eigenvalue weighted by Gasteiger charge is -2.10. The summed E-state index contributed by atoms with van der Waals surface area (Å²) in [6.45, 7) is 0. The first-order valence-corrected chi connectivity index (χ1v) is 7.44. The molecule has 0 saturated heterocycles. The summed E-state index contributed by atoms with van der Waals surface area (Å²) in [5.74, 6) is 0.898. The largest absolute Gasteiger partial charge is 0.338 e. The third kappa shape index (κ3) is 3.30. The zero-order chi connectivity index (χ0) is 15.5. The van der Waals surface area contributed by atoms with Crippen LogP contribution in [0.1, 0.15) is 0 Å². The van der Waals surface area contributed by atoms with Crippen LogP contribution >= 0.6 is 34.8 Å². The van der Waals surface area contributed by atoms with Crippen molar-refractivity contribution in [1.82, 2.24) is 15.0 Å². The van der Waals surface area contributed by atoms with Crippen molar-refractivity contribution in [2.75, 3.05) is 5.32 Å². The fourth-order valence-electron chi connectivity index (χ4n) is 1.84. The van der Waals surface area contributed by atoms with E-state index in [2.05, 4.69) is 20.3 Å². The van der Waals surface area contributed by atoms with Gasteiger partial charge in [-0.25, -0.2) is 9.97 Å². The van der Waals surface area contributed by atoms with Crippen molar-refractivity contribution in [3.8, 4) is 11.5 Å². The van der Waals surface area contributed by atoms with E-state index in [0.717, 1.165) is 0 Å². The summed E-state index contributed by atoms with van der Waals surface area (Å²) >= 11 is 18.3. The molecule has 1 N–H and O–H groups in total. The van der Waals surface area contributed by atoms with E-state index in [1.807, 2.05) is 12.1 Å². The van der Waals surface area contributed by atoms with Gasteiger partial charge in [0.1, 0.15) is 16.7 Å². The molecule has 2 aromatic heterocycles. The molecule has 0 aliphatic rings. The molecule has 7 heteroatoms. The van der Waals surface area contributed by atoms with E-state index in [0.29, 0.717) is 38.2 Å². The minimum Gasteiger partial charge on any atom is -0.338 e. The molecule has 0 amide bonds. The van der Waals surface area contributed by atoms with Crippen LogP contribution in [0.25, 0.3) is 11.5 Å². The van der Waals surface area contributed by atoms with Crippen molar-refractivity contribution in [2.45, 2.75) is 0 Å². The number of hydrogen-bond acceptors (Lipinski definition) is 4. The van der Waals surface area contributed by atoms with Gasteiger partial charge in [-0.05, 0) is 24.3 Å². The van der Waals surface area contributed by atoms with Gasteiger partial charge in [0.15, 0.2) is 5.82 Å². The number of nitrogens with one attached hydrogen (secondary N) is 1. The summed E-state index contributed by atoms with van der Waals surface area (Å²) in [6.07, 6.45) is 1.66. The number of para-hydroxylation sites is 1. The zero-order valence-corrected chi connectivity index (χ0v) is 13.4. The number of hydrogen-bond donors (Lipinski definition) is 1. The van der Waals surface area contributed by atoms with Crippen LogP contribution in [0.3, 0.4) is 0 Å². The lowest BCUT2D eigenvalue weighted by molar-refractivity contribution is 1.14. The maximum atomic E-state index is 6.14. The predicted octanol–water partition coefficient (Wildman–Crippen LogP) is 5.24. The monoisotopic (exact) mass is 350 g/mol. The highest BCUT2D eigenvalue weighted by Crippen LogP contribution is 2.32. The normalized spacial score (nSPS) is 10.5. The minimum absolute atomic E-state index is 0.293. The Morgan fingerprint density at radius 1 is 0.864 bits per heavy atom. The Hall–Kier alpha value is -1.88. The van der Waals surface area contributed by atoms with Gasteiger partial charge in [-0.15, -0.1) is 0 Å². The van der Waals surface area contributed by atoms with Crippen LogP contribution in [0.2, 0.25) is 15.2 Å². The molecule has 0 aliphatic heterocycles. The van der Waals surface area contributed by atoms with E-state index < -0.39 is 0 Å². The molecule has 0 spiro atoms. The van der Waals surface area contributed by atoms with Gasteiger partial charge in [0.05, 0.1) is 15.7 Å². The maximum absolute atomic E-state index is 6.14. The fourth-order valence-corrected chi connectivity index (χ4v) is 2.51. The SMILES string of the molecule is Clc1cc(Nc2c(Cl)cccc2Cl)nc(-c2ccccn2)n1. The Labute approximate surface area is 142 Å². The Balaban J connectivity index is 2.00. The first-order valence-electron chi connectivity index (χ1n) is 6.30. The number of halogens is 3. The molecule has 2 heterocycles. The second-order valence-corrected chi connectivity index (χ2v) is 5.54. The third-order valence-electron chi connectivity index (χ3n) is 2.80. The Kier molecular flexibility index (Phi) is 4.43. The van der Waals surface area contributed by atoms with Crippen LogP contribution in [-0.4, -0.2) is 15.0 Å². The topological polar surface area (TPSA) is 50.7 Å². The van der Waals surface area contributed by atoms with Crippen molar-refractivity contribution in [3.05, 3.63) is 63.9 Å². The maximum Gasteiger partial charge on any atom is 0.181 e.